The number of amides is 1. The molecule has 1 amide bonds. The van der Waals surface area contributed by atoms with E-state index in [2.05, 4.69) is 0 Å². The van der Waals surface area contributed by atoms with E-state index in [0.29, 0.717) is 13.0 Å². The summed E-state index contributed by atoms with van der Waals surface area (Å²) < 4.78 is 19.1. The average Bonchev–Trinajstić information content (AvgIpc) is 3.29. The van der Waals surface area contributed by atoms with Gasteiger partial charge in [0.15, 0.2) is 0 Å². The minimum absolute atomic E-state index is 0.0420. The lowest BCUT2D eigenvalue weighted by Gasteiger charge is -2.24. The van der Waals surface area contributed by atoms with Gasteiger partial charge in [0.2, 0.25) is 0 Å². The van der Waals surface area contributed by atoms with Crippen molar-refractivity contribution in [2.75, 3.05) is 34.3 Å². The standard InChI is InChI=1S/C21H23FN2O4S/c1-23(2)9-5-10-24-18(16-6-4-11-29-16)17(20(26)21(24)27)19(25)14-12-13(22)7-8-15(14)28-3/h4,6-8,11-12,18,25H,5,9-10H2,1-3H3/b19-17+. The molecule has 154 valence electrons. The van der Waals surface area contributed by atoms with Crippen molar-refractivity contribution in [1.82, 2.24) is 9.80 Å². The van der Waals surface area contributed by atoms with Gasteiger partial charge in [-0.1, -0.05) is 6.07 Å². The number of likely N-dealkylation sites (tertiary alicyclic amines) is 1. The maximum absolute atomic E-state index is 13.8. The van der Waals surface area contributed by atoms with Gasteiger partial charge in [-0.3, -0.25) is 9.59 Å². The summed E-state index contributed by atoms with van der Waals surface area (Å²) in [6.45, 7) is 1.11. The third-order valence-electron chi connectivity index (χ3n) is 4.77. The van der Waals surface area contributed by atoms with Crippen LogP contribution in [0.5, 0.6) is 5.75 Å². The van der Waals surface area contributed by atoms with E-state index >= 15 is 0 Å². The number of hydrogen-bond donors (Lipinski definition) is 1. The number of hydrogen-bond acceptors (Lipinski definition) is 6. The van der Waals surface area contributed by atoms with Crippen molar-refractivity contribution in [3.63, 3.8) is 0 Å². The molecule has 3 rings (SSSR count). The molecule has 2 heterocycles. The van der Waals surface area contributed by atoms with Gasteiger partial charge in [-0.15, -0.1) is 11.3 Å². The van der Waals surface area contributed by atoms with E-state index < -0.39 is 29.3 Å². The van der Waals surface area contributed by atoms with E-state index in [9.17, 15) is 19.1 Å². The molecule has 2 aromatic rings. The Morgan fingerprint density at radius 2 is 2.07 bits per heavy atom. The minimum Gasteiger partial charge on any atom is -0.507 e. The monoisotopic (exact) mass is 418 g/mol. The number of thiophene rings is 1. The van der Waals surface area contributed by atoms with Crippen LogP contribution in [-0.2, 0) is 9.59 Å². The van der Waals surface area contributed by atoms with Crippen LogP contribution >= 0.6 is 11.3 Å². The highest BCUT2D eigenvalue weighted by Crippen LogP contribution is 2.42. The number of benzene rings is 1. The number of ether oxygens (including phenoxy) is 1. The molecule has 1 fully saturated rings. The predicted molar refractivity (Wildman–Crippen MR) is 109 cm³/mol. The molecule has 1 unspecified atom stereocenters. The van der Waals surface area contributed by atoms with E-state index in [4.69, 9.17) is 4.74 Å². The summed E-state index contributed by atoms with van der Waals surface area (Å²) in [4.78, 5) is 29.9. The van der Waals surface area contributed by atoms with Crippen LogP contribution in [-0.4, -0.2) is 60.9 Å². The van der Waals surface area contributed by atoms with Gasteiger partial charge in [-0.2, -0.15) is 0 Å². The molecule has 0 bridgehead atoms. The summed E-state index contributed by atoms with van der Waals surface area (Å²) in [5, 5.41) is 12.8. The molecule has 6 nitrogen and oxygen atoms in total. The Hall–Kier alpha value is -2.71. The molecular weight excluding hydrogens is 395 g/mol. The van der Waals surface area contributed by atoms with Crippen molar-refractivity contribution in [3.8, 4) is 5.75 Å². The van der Waals surface area contributed by atoms with E-state index in [1.807, 2.05) is 36.5 Å². The van der Waals surface area contributed by atoms with E-state index in [-0.39, 0.29) is 16.9 Å². The van der Waals surface area contributed by atoms with Gasteiger partial charge in [0.25, 0.3) is 11.7 Å². The van der Waals surface area contributed by atoms with Crippen molar-refractivity contribution < 1.29 is 23.8 Å². The van der Waals surface area contributed by atoms with Crippen molar-refractivity contribution >= 4 is 28.8 Å². The topological polar surface area (TPSA) is 70.1 Å². The van der Waals surface area contributed by atoms with E-state index in [1.54, 1.807) is 0 Å². The number of aliphatic hydroxyl groups excluding tert-OH is 1. The smallest absolute Gasteiger partial charge is 0.295 e. The maximum Gasteiger partial charge on any atom is 0.295 e. The Labute approximate surface area is 172 Å². The largest absolute Gasteiger partial charge is 0.507 e. The summed E-state index contributed by atoms with van der Waals surface area (Å²) in [5.74, 6) is -2.25. The molecule has 0 radical (unpaired) electrons. The van der Waals surface area contributed by atoms with Crippen LogP contribution < -0.4 is 4.74 Å². The van der Waals surface area contributed by atoms with Gasteiger partial charge in [0.05, 0.1) is 24.3 Å². The van der Waals surface area contributed by atoms with Crippen LogP contribution in [0.1, 0.15) is 22.9 Å². The molecule has 29 heavy (non-hydrogen) atoms. The van der Waals surface area contributed by atoms with Crippen LogP contribution in [0.15, 0.2) is 41.3 Å². The van der Waals surface area contributed by atoms with Crippen LogP contribution in [0.4, 0.5) is 4.39 Å². The van der Waals surface area contributed by atoms with Gasteiger partial charge >= 0.3 is 0 Å². The Balaban J connectivity index is 2.10. The first-order chi connectivity index (χ1) is 13.8. The summed E-state index contributed by atoms with van der Waals surface area (Å²) in [6.07, 6.45) is 0.672. The fourth-order valence-electron chi connectivity index (χ4n) is 3.42. The first-order valence-corrected chi connectivity index (χ1v) is 10.0. The zero-order valence-electron chi connectivity index (χ0n) is 16.5. The molecule has 1 aromatic heterocycles. The molecule has 8 heteroatoms. The molecule has 0 spiro atoms. The number of Topliss-reactive ketones (excluding diaryl/α,β-unsaturated/α-hetero) is 1. The van der Waals surface area contributed by atoms with Gasteiger partial charge < -0.3 is 19.6 Å². The fourth-order valence-corrected chi connectivity index (χ4v) is 4.27. The molecule has 1 atom stereocenters. The third-order valence-corrected chi connectivity index (χ3v) is 5.70. The second kappa shape index (κ2) is 8.75. The number of carbonyl (C=O) groups excluding carboxylic acids is 2. The first-order valence-electron chi connectivity index (χ1n) is 9.15. The Morgan fingerprint density at radius 1 is 1.31 bits per heavy atom. The molecule has 0 aliphatic carbocycles. The highest BCUT2D eigenvalue weighted by atomic mass is 32.1. The van der Waals surface area contributed by atoms with Crippen molar-refractivity contribution in [2.45, 2.75) is 12.5 Å². The average molecular weight is 418 g/mol. The first kappa shape index (κ1) is 21.0. The number of carbonyl (C=O) groups is 2. The fraction of sp³-hybridized carbons (Fsp3) is 0.333. The van der Waals surface area contributed by atoms with Crippen LogP contribution in [0.3, 0.4) is 0 Å². The van der Waals surface area contributed by atoms with Gasteiger partial charge in [0.1, 0.15) is 17.3 Å². The highest BCUT2D eigenvalue weighted by molar-refractivity contribution is 7.10. The number of rotatable bonds is 7. The summed E-state index contributed by atoms with van der Waals surface area (Å²) in [7, 11) is 5.25. The Kier molecular flexibility index (Phi) is 6.34. The maximum atomic E-state index is 13.8. The number of halogens is 1. The molecule has 1 saturated heterocycles. The molecule has 1 aliphatic rings. The molecular formula is C21H23FN2O4S. The normalized spacial score (nSPS) is 18.7. The SMILES string of the molecule is COc1ccc(F)cc1/C(O)=C1\C(=O)C(=O)N(CCCN(C)C)C1c1cccs1. The second-order valence-electron chi connectivity index (χ2n) is 7.01. The number of aliphatic hydroxyl groups is 1. The van der Waals surface area contributed by atoms with Crippen molar-refractivity contribution in [2.24, 2.45) is 0 Å². The lowest BCUT2D eigenvalue weighted by Crippen LogP contribution is -2.32. The summed E-state index contributed by atoms with van der Waals surface area (Å²) >= 11 is 1.39. The van der Waals surface area contributed by atoms with Gasteiger partial charge in [-0.25, -0.2) is 4.39 Å². The summed E-state index contributed by atoms with van der Waals surface area (Å²) in [6, 6.07) is 6.59. The van der Waals surface area contributed by atoms with Crippen LogP contribution in [0, 0.1) is 5.82 Å². The van der Waals surface area contributed by atoms with Crippen LogP contribution in [0.2, 0.25) is 0 Å². The molecule has 0 saturated carbocycles. The highest BCUT2D eigenvalue weighted by Gasteiger charge is 2.46. The summed E-state index contributed by atoms with van der Waals surface area (Å²) in [5.41, 5.74) is -0.00782. The Morgan fingerprint density at radius 3 is 2.69 bits per heavy atom. The number of methoxy groups -OCH3 is 1. The van der Waals surface area contributed by atoms with Crippen molar-refractivity contribution in [1.29, 1.82) is 0 Å². The quantitative estimate of drug-likeness (QED) is 0.425. The number of ketones is 1. The predicted octanol–water partition coefficient (Wildman–Crippen LogP) is 3.27. The van der Waals surface area contributed by atoms with E-state index in [0.717, 1.165) is 17.5 Å². The zero-order valence-corrected chi connectivity index (χ0v) is 17.3. The lowest BCUT2D eigenvalue weighted by atomic mass is 9.99. The zero-order chi connectivity index (χ0) is 21.1. The minimum atomic E-state index is -0.780. The molecule has 1 aromatic carbocycles. The number of nitrogens with zero attached hydrogens (tertiary/aromatic N) is 2. The van der Waals surface area contributed by atoms with Gasteiger partial charge in [-0.05, 0) is 56.7 Å². The molecule has 1 N–H and O–H groups in total. The van der Waals surface area contributed by atoms with Gasteiger partial charge in [0, 0.05) is 11.4 Å². The van der Waals surface area contributed by atoms with Crippen LogP contribution in [0.25, 0.3) is 5.76 Å². The third kappa shape index (κ3) is 4.18. The Bertz CT molecular complexity index is 940. The second-order valence-corrected chi connectivity index (χ2v) is 7.99. The molecule has 1 aliphatic heterocycles. The lowest BCUT2D eigenvalue weighted by molar-refractivity contribution is -0.139. The van der Waals surface area contributed by atoms with E-state index in [1.165, 1.54) is 35.5 Å². The van der Waals surface area contributed by atoms with Crippen molar-refractivity contribution in [3.05, 3.63) is 57.5 Å².